The molecule has 28 heavy (non-hydrogen) atoms. The van der Waals surface area contributed by atoms with Gasteiger partial charge in [-0.05, 0) is 41.8 Å². The summed E-state index contributed by atoms with van der Waals surface area (Å²) in [4.78, 5) is 4.41. The van der Waals surface area contributed by atoms with Gasteiger partial charge >= 0.3 is 0 Å². The van der Waals surface area contributed by atoms with Gasteiger partial charge in [0.15, 0.2) is 11.0 Å². The van der Waals surface area contributed by atoms with E-state index in [-0.39, 0.29) is 0 Å². The number of thioether (sulfide) groups is 1. The Hall–Kier alpha value is -2.92. The topological polar surface area (TPSA) is 43.6 Å². The van der Waals surface area contributed by atoms with Crippen LogP contribution in [-0.2, 0) is 5.75 Å². The van der Waals surface area contributed by atoms with Crippen molar-refractivity contribution in [1.29, 1.82) is 0 Å². The highest BCUT2D eigenvalue weighted by Gasteiger charge is 2.17. The Morgan fingerprint density at radius 3 is 2.46 bits per heavy atom. The van der Waals surface area contributed by atoms with Crippen LogP contribution in [0.1, 0.15) is 31.0 Å². The second-order valence-electron chi connectivity index (χ2n) is 6.87. The third-order valence-corrected chi connectivity index (χ3v) is 5.50. The van der Waals surface area contributed by atoms with Gasteiger partial charge < -0.3 is 0 Å². The summed E-state index contributed by atoms with van der Waals surface area (Å²) in [5.74, 6) is 2.07. The van der Waals surface area contributed by atoms with Crippen LogP contribution in [0.2, 0.25) is 0 Å². The van der Waals surface area contributed by atoms with Crippen molar-refractivity contribution in [3.8, 4) is 17.1 Å². The van der Waals surface area contributed by atoms with Gasteiger partial charge in [0.1, 0.15) is 0 Å². The number of benzene rings is 2. The second kappa shape index (κ2) is 8.40. The molecule has 0 radical (unpaired) electrons. The molecule has 0 spiro atoms. The average molecular weight is 387 g/mol. The highest BCUT2D eigenvalue weighted by molar-refractivity contribution is 7.98. The molecule has 2 heterocycles. The summed E-state index contributed by atoms with van der Waals surface area (Å²) in [5, 5.41) is 9.92. The van der Waals surface area contributed by atoms with Gasteiger partial charge in [-0.3, -0.25) is 9.55 Å². The number of hydrogen-bond donors (Lipinski definition) is 0. The monoisotopic (exact) mass is 386 g/mol. The van der Waals surface area contributed by atoms with Crippen molar-refractivity contribution in [2.45, 2.75) is 30.7 Å². The highest BCUT2D eigenvalue weighted by atomic mass is 32.2. The lowest BCUT2D eigenvalue weighted by atomic mass is 10.0. The minimum Gasteiger partial charge on any atom is -0.270 e. The summed E-state index contributed by atoms with van der Waals surface area (Å²) < 4.78 is 2.13. The van der Waals surface area contributed by atoms with E-state index in [1.807, 2.05) is 42.6 Å². The molecule has 140 valence electrons. The van der Waals surface area contributed by atoms with Crippen LogP contribution in [0.5, 0.6) is 0 Å². The number of pyridine rings is 1. The van der Waals surface area contributed by atoms with Crippen LogP contribution in [-0.4, -0.2) is 19.7 Å². The maximum Gasteiger partial charge on any atom is 0.196 e. The lowest BCUT2D eigenvalue weighted by molar-refractivity contribution is 0.865. The zero-order chi connectivity index (χ0) is 19.3. The molecule has 0 amide bonds. The molecule has 5 heteroatoms. The molecular formula is C23H22N4S. The first-order valence-electron chi connectivity index (χ1n) is 9.36. The normalized spacial score (nSPS) is 11.1. The van der Waals surface area contributed by atoms with Crippen molar-refractivity contribution in [2.24, 2.45) is 0 Å². The third-order valence-electron chi connectivity index (χ3n) is 4.53. The van der Waals surface area contributed by atoms with Gasteiger partial charge in [0, 0.05) is 23.2 Å². The molecule has 2 aromatic carbocycles. The van der Waals surface area contributed by atoms with E-state index in [1.54, 1.807) is 11.8 Å². The smallest absolute Gasteiger partial charge is 0.196 e. The molecule has 4 nitrogen and oxygen atoms in total. The molecule has 0 atom stereocenters. The third kappa shape index (κ3) is 3.99. The van der Waals surface area contributed by atoms with E-state index in [0.29, 0.717) is 5.92 Å². The summed E-state index contributed by atoms with van der Waals surface area (Å²) in [7, 11) is 0. The molecule has 0 aliphatic rings. The molecule has 0 fully saturated rings. The molecule has 0 bridgehead atoms. The van der Waals surface area contributed by atoms with E-state index in [9.17, 15) is 0 Å². The second-order valence-corrected chi connectivity index (χ2v) is 7.81. The molecule has 2 aromatic heterocycles. The number of hydrogen-bond acceptors (Lipinski definition) is 4. The molecule has 4 rings (SSSR count). The minimum absolute atomic E-state index is 0.464. The Morgan fingerprint density at radius 2 is 1.71 bits per heavy atom. The van der Waals surface area contributed by atoms with Gasteiger partial charge in [0.25, 0.3) is 0 Å². The molecular weight excluding hydrogens is 364 g/mol. The Kier molecular flexibility index (Phi) is 5.53. The number of nitrogens with zero attached hydrogens (tertiary/aromatic N) is 4. The van der Waals surface area contributed by atoms with Crippen LogP contribution in [0.4, 0.5) is 0 Å². The van der Waals surface area contributed by atoms with Crippen LogP contribution < -0.4 is 0 Å². The van der Waals surface area contributed by atoms with Gasteiger partial charge in [-0.15, -0.1) is 10.2 Å². The summed E-state index contributed by atoms with van der Waals surface area (Å²) in [5.41, 5.74) is 4.45. The molecule has 0 saturated carbocycles. The van der Waals surface area contributed by atoms with Gasteiger partial charge in [-0.25, -0.2) is 0 Å². The van der Waals surface area contributed by atoms with Gasteiger partial charge in [-0.1, -0.05) is 68.1 Å². The standard InChI is InChI=1S/C23H22N4S/c1-17(2)18-9-8-10-19(15-18)22-25-26-23(27(22)21-12-4-3-5-13-21)28-16-20-11-6-7-14-24-20/h3-15,17H,16H2,1-2H3. The Balaban J connectivity index is 1.75. The lowest BCUT2D eigenvalue weighted by Gasteiger charge is -2.12. The van der Waals surface area contributed by atoms with Crippen molar-refractivity contribution in [1.82, 2.24) is 19.7 Å². The predicted molar refractivity (Wildman–Crippen MR) is 115 cm³/mol. The summed E-state index contributed by atoms with van der Waals surface area (Å²) in [6.07, 6.45) is 1.82. The maximum atomic E-state index is 4.55. The SMILES string of the molecule is CC(C)c1cccc(-c2nnc(SCc3ccccn3)n2-c2ccccc2)c1. The first kappa shape index (κ1) is 18.4. The van der Waals surface area contributed by atoms with Crippen molar-refractivity contribution >= 4 is 11.8 Å². The van der Waals surface area contributed by atoms with Crippen LogP contribution in [0.15, 0.2) is 84.1 Å². The molecule has 4 aromatic rings. The largest absolute Gasteiger partial charge is 0.270 e. The summed E-state index contributed by atoms with van der Waals surface area (Å²) in [6, 6.07) is 24.8. The predicted octanol–water partition coefficient (Wildman–Crippen LogP) is 5.75. The van der Waals surface area contributed by atoms with Crippen LogP contribution in [0.25, 0.3) is 17.1 Å². The fourth-order valence-corrected chi connectivity index (χ4v) is 3.89. The maximum absolute atomic E-state index is 4.55. The number of rotatable bonds is 6. The van der Waals surface area contributed by atoms with E-state index in [1.165, 1.54) is 5.56 Å². The highest BCUT2D eigenvalue weighted by Crippen LogP contribution is 2.30. The van der Waals surface area contributed by atoms with Crippen LogP contribution in [0, 0.1) is 0 Å². The zero-order valence-electron chi connectivity index (χ0n) is 16.0. The van der Waals surface area contributed by atoms with E-state index < -0.39 is 0 Å². The van der Waals surface area contributed by atoms with Gasteiger partial charge in [0.2, 0.25) is 0 Å². The first-order valence-corrected chi connectivity index (χ1v) is 10.3. The first-order chi connectivity index (χ1) is 13.7. The molecule has 0 unspecified atom stereocenters. The molecule has 0 N–H and O–H groups in total. The minimum atomic E-state index is 0.464. The van der Waals surface area contributed by atoms with Gasteiger partial charge in [-0.2, -0.15) is 0 Å². The summed E-state index contributed by atoms with van der Waals surface area (Å²) >= 11 is 1.65. The van der Waals surface area contributed by atoms with E-state index in [2.05, 4.69) is 70.0 Å². The van der Waals surface area contributed by atoms with E-state index >= 15 is 0 Å². The Bertz CT molecular complexity index is 1040. The van der Waals surface area contributed by atoms with Crippen molar-refractivity contribution in [3.05, 3.63) is 90.3 Å². The van der Waals surface area contributed by atoms with Crippen molar-refractivity contribution in [2.75, 3.05) is 0 Å². The van der Waals surface area contributed by atoms with Crippen molar-refractivity contribution < 1.29 is 0 Å². The zero-order valence-corrected chi connectivity index (χ0v) is 16.8. The van der Waals surface area contributed by atoms with Crippen molar-refractivity contribution in [3.63, 3.8) is 0 Å². The molecule has 0 aliphatic heterocycles. The van der Waals surface area contributed by atoms with E-state index in [4.69, 9.17) is 0 Å². The summed E-state index contributed by atoms with van der Waals surface area (Å²) in [6.45, 7) is 4.41. The average Bonchev–Trinajstić information content (AvgIpc) is 3.18. The fraction of sp³-hybridized carbons (Fsp3) is 0.174. The van der Waals surface area contributed by atoms with Crippen LogP contribution in [0.3, 0.4) is 0 Å². The van der Waals surface area contributed by atoms with Crippen LogP contribution >= 0.6 is 11.8 Å². The van der Waals surface area contributed by atoms with E-state index in [0.717, 1.165) is 33.7 Å². The van der Waals surface area contributed by atoms with Gasteiger partial charge in [0.05, 0.1) is 5.69 Å². The number of aromatic nitrogens is 4. The lowest BCUT2D eigenvalue weighted by Crippen LogP contribution is -2.00. The Morgan fingerprint density at radius 1 is 0.893 bits per heavy atom. The molecule has 0 saturated heterocycles. The Labute approximate surface area is 169 Å². The quantitative estimate of drug-likeness (QED) is 0.396. The molecule has 0 aliphatic carbocycles. The fourth-order valence-electron chi connectivity index (χ4n) is 3.02. The number of para-hydroxylation sites is 1.